The number of fused-ring (bicyclic) bond motifs is 1. The van der Waals surface area contributed by atoms with Gasteiger partial charge in [0, 0.05) is 35.3 Å². The van der Waals surface area contributed by atoms with E-state index in [1.807, 2.05) is 6.07 Å². The van der Waals surface area contributed by atoms with Crippen molar-refractivity contribution in [1.29, 1.82) is 0 Å². The van der Waals surface area contributed by atoms with Crippen LogP contribution in [0.5, 0.6) is 0 Å². The molecule has 1 amide bonds. The number of aromatic nitrogens is 1. The number of carbonyl (C=O) groups excluding carboxylic acids is 1. The predicted octanol–water partition coefficient (Wildman–Crippen LogP) is 1.88. The number of hydrogen-bond donors (Lipinski definition) is 3. The van der Waals surface area contributed by atoms with Gasteiger partial charge in [-0.1, -0.05) is 18.2 Å². The molecule has 2 heterocycles. The van der Waals surface area contributed by atoms with Crippen LogP contribution in [-0.2, 0) is 11.2 Å². The summed E-state index contributed by atoms with van der Waals surface area (Å²) in [5.74, 6) is 1.90. The zero-order valence-corrected chi connectivity index (χ0v) is 12.1. The SMILES string of the molecule is O=C(NCCCc1c[nH]c2ccccc12)C1CSCN1. The van der Waals surface area contributed by atoms with Crippen molar-refractivity contribution in [3.05, 3.63) is 36.0 Å². The molecule has 106 valence electrons. The van der Waals surface area contributed by atoms with Gasteiger partial charge >= 0.3 is 0 Å². The molecule has 3 N–H and O–H groups in total. The van der Waals surface area contributed by atoms with Gasteiger partial charge in [0.1, 0.15) is 0 Å². The van der Waals surface area contributed by atoms with Crippen LogP contribution in [0, 0.1) is 0 Å². The highest BCUT2D eigenvalue weighted by molar-refractivity contribution is 7.99. The molecule has 3 rings (SSSR count). The Morgan fingerprint density at radius 1 is 1.40 bits per heavy atom. The summed E-state index contributed by atoms with van der Waals surface area (Å²) in [6.07, 6.45) is 4.02. The number of H-pyrrole nitrogens is 1. The number of hydrogen-bond acceptors (Lipinski definition) is 3. The standard InChI is InChI=1S/C15H19N3OS/c19-15(14-9-20-10-18-14)16-7-3-4-11-8-17-13-6-2-1-5-12(11)13/h1-2,5-6,8,14,17-18H,3-4,7,9-10H2,(H,16,19). The third kappa shape index (κ3) is 2.99. The van der Waals surface area contributed by atoms with E-state index in [9.17, 15) is 4.79 Å². The lowest BCUT2D eigenvalue weighted by molar-refractivity contribution is -0.122. The first-order valence-electron chi connectivity index (χ1n) is 6.98. The Morgan fingerprint density at radius 2 is 2.30 bits per heavy atom. The summed E-state index contributed by atoms with van der Waals surface area (Å²) in [6.45, 7) is 0.737. The van der Waals surface area contributed by atoms with Crippen molar-refractivity contribution in [3.8, 4) is 0 Å². The number of aryl methyl sites for hydroxylation is 1. The Hall–Kier alpha value is -1.46. The Balaban J connectivity index is 1.47. The van der Waals surface area contributed by atoms with E-state index in [4.69, 9.17) is 0 Å². The minimum atomic E-state index is -0.00640. The zero-order valence-electron chi connectivity index (χ0n) is 11.3. The van der Waals surface area contributed by atoms with E-state index in [2.05, 4.69) is 40.0 Å². The maximum Gasteiger partial charge on any atom is 0.238 e. The van der Waals surface area contributed by atoms with Crippen LogP contribution in [0.4, 0.5) is 0 Å². The highest BCUT2D eigenvalue weighted by atomic mass is 32.2. The smallest absolute Gasteiger partial charge is 0.238 e. The lowest BCUT2D eigenvalue weighted by Gasteiger charge is -2.10. The second-order valence-electron chi connectivity index (χ2n) is 5.03. The number of para-hydroxylation sites is 1. The van der Waals surface area contributed by atoms with Gasteiger partial charge in [-0.25, -0.2) is 0 Å². The molecular formula is C15H19N3OS. The molecule has 1 unspecified atom stereocenters. The molecule has 0 radical (unpaired) electrons. The molecule has 1 fully saturated rings. The third-order valence-electron chi connectivity index (χ3n) is 3.63. The van der Waals surface area contributed by atoms with Gasteiger partial charge in [-0.15, -0.1) is 11.8 Å². The largest absolute Gasteiger partial charge is 0.361 e. The summed E-state index contributed by atoms with van der Waals surface area (Å²) in [7, 11) is 0. The van der Waals surface area contributed by atoms with Crippen molar-refractivity contribution in [2.75, 3.05) is 18.2 Å². The fourth-order valence-corrected chi connectivity index (χ4v) is 3.46. The van der Waals surface area contributed by atoms with E-state index in [1.165, 1.54) is 16.5 Å². The molecule has 1 aliphatic heterocycles. The fraction of sp³-hybridized carbons (Fsp3) is 0.400. The number of nitrogens with one attached hydrogen (secondary N) is 3. The number of rotatable bonds is 5. The van der Waals surface area contributed by atoms with E-state index < -0.39 is 0 Å². The van der Waals surface area contributed by atoms with Crippen LogP contribution in [0.15, 0.2) is 30.5 Å². The molecule has 0 spiro atoms. The quantitative estimate of drug-likeness (QED) is 0.737. The Labute approximate surface area is 122 Å². The average molecular weight is 289 g/mol. The number of aromatic amines is 1. The number of benzene rings is 1. The summed E-state index contributed by atoms with van der Waals surface area (Å²) in [5.41, 5.74) is 2.50. The van der Waals surface area contributed by atoms with Crippen molar-refractivity contribution >= 4 is 28.6 Å². The number of carbonyl (C=O) groups is 1. The second kappa shape index (κ2) is 6.33. The van der Waals surface area contributed by atoms with Crippen molar-refractivity contribution < 1.29 is 4.79 Å². The van der Waals surface area contributed by atoms with Gasteiger partial charge in [0.15, 0.2) is 0 Å². The molecule has 2 aromatic rings. The second-order valence-corrected chi connectivity index (χ2v) is 6.06. The molecule has 0 aliphatic carbocycles. The highest BCUT2D eigenvalue weighted by Crippen LogP contribution is 2.18. The normalized spacial score (nSPS) is 18.5. The van der Waals surface area contributed by atoms with Crippen molar-refractivity contribution in [1.82, 2.24) is 15.6 Å². The van der Waals surface area contributed by atoms with Crippen molar-refractivity contribution in [2.45, 2.75) is 18.9 Å². The molecule has 0 bridgehead atoms. The van der Waals surface area contributed by atoms with E-state index in [0.717, 1.165) is 31.0 Å². The topological polar surface area (TPSA) is 56.9 Å². The van der Waals surface area contributed by atoms with Crippen LogP contribution < -0.4 is 10.6 Å². The Kier molecular flexibility index (Phi) is 4.28. The van der Waals surface area contributed by atoms with Crippen LogP contribution in [0.25, 0.3) is 10.9 Å². The minimum Gasteiger partial charge on any atom is -0.361 e. The van der Waals surface area contributed by atoms with Crippen LogP contribution >= 0.6 is 11.8 Å². The van der Waals surface area contributed by atoms with E-state index in [0.29, 0.717) is 0 Å². The van der Waals surface area contributed by atoms with Crippen molar-refractivity contribution in [2.24, 2.45) is 0 Å². The molecule has 20 heavy (non-hydrogen) atoms. The summed E-state index contributed by atoms with van der Waals surface area (Å²) in [5, 5.41) is 7.48. The van der Waals surface area contributed by atoms with Crippen molar-refractivity contribution in [3.63, 3.8) is 0 Å². The van der Waals surface area contributed by atoms with E-state index in [-0.39, 0.29) is 11.9 Å². The third-order valence-corrected chi connectivity index (χ3v) is 4.57. The molecule has 1 saturated heterocycles. The molecule has 4 nitrogen and oxygen atoms in total. The van der Waals surface area contributed by atoms with Gasteiger partial charge in [-0.05, 0) is 24.5 Å². The van der Waals surface area contributed by atoms with Crippen LogP contribution in [-0.4, -0.2) is 35.1 Å². The van der Waals surface area contributed by atoms with E-state index >= 15 is 0 Å². The molecule has 5 heteroatoms. The summed E-state index contributed by atoms with van der Waals surface area (Å²) < 4.78 is 0. The van der Waals surface area contributed by atoms with Crippen LogP contribution in [0.2, 0.25) is 0 Å². The molecule has 1 aromatic carbocycles. The van der Waals surface area contributed by atoms with Crippen LogP contribution in [0.3, 0.4) is 0 Å². The molecular weight excluding hydrogens is 270 g/mol. The van der Waals surface area contributed by atoms with Gasteiger partial charge in [0.25, 0.3) is 0 Å². The lowest BCUT2D eigenvalue weighted by atomic mass is 10.1. The van der Waals surface area contributed by atoms with E-state index in [1.54, 1.807) is 11.8 Å². The summed E-state index contributed by atoms with van der Waals surface area (Å²) in [4.78, 5) is 15.1. The molecule has 1 aliphatic rings. The average Bonchev–Trinajstić information content (AvgIpc) is 3.13. The fourth-order valence-electron chi connectivity index (χ4n) is 2.52. The minimum absolute atomic E-state index is 0.00640. The van der Waals surface area contributed by atoms with Crippen LogP contribution in [0.1, 0.15) is 12.0 Å². The van der Waals surface area contributed by atoms with Gasteiger partial charge in [-0.2, -0.15) is 0 Å². The number of thioether (sulfide) groups is 1. The highest BCUT2D eigenvalue weighted by Gasteiger charge is 2.21. The van der Waals surface area contributed by atoms with Gasteiger partial charge in [0.05, 0.1) is 6.04 Å². The lowest BCUT2D eigenvalue weighted by Crippen LogP contribution is -2.42. The first kappa shape index (κ1) is 13.5. The summed E-state index contributed by atoms with van der Waals surface area (Å²) in [6, 6.07) is 8.32. The predicted molar refractivity (Wildman–Crippen MR) is 83.9 cm³/mol. The molecule has 1 aromatic heterocycles. The van der Waals surface area contributed by atoms with Gasteiger partial charge in [0.2, 0.25) is 5.91 Å². The summed E-state index contributed by atoms with van der Waals surface area (Å²) >= 11 is 1.77. The van der Waals surface area contributed by atoms with Gasteiger partial charge < -0.3 is 10.3 Å². The maximum absolute atomic E-state index is 11.8. The molecule has 1 atom stereocenters. The monoisotopic (exact) mass is 289 g/mol. The maximum atomic E-state index is 11.8. The van der Waals surface area contributed by atoms with Gasteiger partial charge in [-0.3, -0.25) is 10.1 Å². The first-order chi connectivity index (χ1) is 9.84. The molecule has 0 saturated carbocycles. The first-order valence-corrected chi connectivity index (χ1v) is 8.14. The zero-order chi connectivity index (χ0) is 13.8. The Bertz CT molecular complexity index is 590. The number of amides is 1. The Morgan fingerprint density at radius 3 is 3.15 bits per heavy atom.